The Morgan fingerprint density at radius 2 is 2.15 bits per heavy atom. The molecule has 0 radical (unpaired) electrons. The van der Waals surface area contributed by atoms with Gasteiger partial charge in [0.05, 0.1) is 6.54 Å². The van der Waals surface area contributed by atoms with E-state index in [0.717, 1.165) is 24.8 Å². The summed E-state index contributed by atoms with van der Waals surface area (Å²) in [6.45, 7) is 12.2. The molecule has 2 rings (SSSR count). The summed E-state index contributed by atoms with van der Waals surface area (Å²) in [5.41, 5.74) is 0. The van der Waals surface area contributed by atoms with E-state index in [1.165, 1.54) is 38.9 Å². The van der Waals surface area contributed by atoms with E-state index in [1.807, 2.05) is 4.68 Å². The van der Waals surface area contributed by atoms with Crippen molar-refractivity contribution in [3.8, 4) is 0 Å². The van der Waals surface area contributed by atoms with Crippen molar-refractivity contribution >= 4 is 0 Å². The first-order valence-electron chi connectivity index (χ1n) is 8.02. The summed E-state index contributed by atoms with van der Waals surface area (Å²) in [5, 5.41) is 7.79. The topological polar surface area (TPSA) is 46.0 Å². The molecule has 20 heavy (non-hydrogen) atoms. The highest BCUT2D eigenvalue weighted by atomic mass is 15.4. The van der Waals surface area contributed by atoms with Crippen molar-refractivity contribution in [2.75, 3.05) is 26.2 Å². The third-order valence-corrected chi connectivity index (χ3v) is 4.02. The van der Waals surface area contributed by atoms with Crippen LogP contribution in [0.1, 0.15) is 51.9 Å². The van der Waals surface area contributed by atoms with Gasteiger partial charge in [0.25, 0.3) is 0 Å². The van der Waals surface area contributed by atoms with Crippen LogP contribution in [-0.4, -0.2) is 45.8 Å². The van der Waals surface area contributed by atoms with Gasteiger partial charge in [-0.3, -0.25) is 4.90 Å². The molecule has 114 valence electrons. The quantitative estimate of drug-likeness (QED) is 0.830. The molecule has 0 bridgehead atoms. The lowest BCUT2D eigenvalue weighted by molar-refractivity contribution is 0.191. The third-order valence-electron chi connectivity index (χ3n) is 4.02. The highest BCUT2D eigenvalue weighted by Gasteiger charge is 2.18. The fourth-order valence-electron chi connectivity index (χ4n) is 3.00. The number of hydrogen-bond donors (Lipinski definition) is 1. The summed E-state index contributed by atoms with van der Waals surface area (Å²) in [7, 11) is 0. The van der Waals surface area contributed by atoms with Crippen LogP contribution in [0.4, 0.5) is 0 Å². The lowest BCUT2D eigenvalue weighted by Crippen LogP contribution is -2.36. The van der Waals surface area contributed by atoms with Crippen molar-refractivity contribution in [1.82, 2.24) is 25.0 Å². The highest BCUT2D eigenvalue weighted by molar-refractivity contribution is 4.87. The van der Waals surface area contributed by atoms with Crippen LogP contribution in [0, 0.1) is 5.92 Å². The molecule has 0 amide bonds. The van der Waals surface area contributed by atoms with E-state index in [0.29, 0.717) is 6.04 Å². The van der Waals surface area contributed by atoms with E-state index in [1.54, 1.807) is 6.33 Å². The van der Waals surface area contributed by atoms with Crippen LogP contribution in [0.25, 0.3) is 0 Å². The number of hydrogen-bond acceptors (Lipinski definition) is 4. The van der Waals surface area contributed by atoms with Gasteiger partial charge in [0.2, 0.25) is 0 Å². The molecule has 5 heteroatoms. The fraction of sp³-hybridized carbons (Fsp3) is 0.867. The van der Waals surface area contributed by atoms with Crippen molar-refractivity contribution in [3.05, 3.63) is 12.2 Å². The van der Waals surface area contributed by atoms with Gasteiger partial charge in [0.1, 0.15) is 12.2 Å². The second-order valence-corrected chi connectivity index (χ2v) is 6.14. The molecule has 0 spiro atoms. The minimum Gasteiger partial charge on any atom is -0.317 e. The maximum absolute atomic E-state index is 4.45. The standard InChI is InChI=1S/C15H29N5/c1-4-9-19(10-14-5-7-16-8-6-14)11-15-17-12-18-20(15)13(2)3/h12-14,16H,4-11H2,1-3H3. The van der Waals surface area contributed by atoms with Gasteiger partial charge in [-0.1, -0.05) is 6.92 Å². The first-order valence-corrected chi connectivity index (χ1v) is 8.02. The minimum absolute atomic E-state index is 0.384. The summed E-state index contributed by atoms with van der Waals surface area (Å²) in [6, 6.07) is 0.384. The van der Waals surface area contributed by atoms with Crippen LogP contribution in [0.3, 0.4) is 0 Å². The van der Waals surface area contributed by atoms with Crippen LogP contribution >= 0.6 is 0 Å². The maximum atomic E-state index is 4.45. The maximum Gasteiger partial charge on any atom is 0.141 e. The Morgan fingerprint density at radius 3 is 2.80 bits per heavy atom. The molecule has 1 aliphatic rings. The molecule has 5 nitrogen and oxygen atoms in total. The Bertz CT molecular complexity index is 381. The molecule has 0 aliphatic carbocycles. The van der Waals surface area contributed by atoms with Gasteiger partial charge in [0.15, 0.2) is 0 Å². The van der Waals surface area contributed by atoms with Crippen LogP contribution in [0.5, 0.6) is 0 Å². The number of nitrogens with zero attached hydrogens (tertiary/aromatic N) is 4. The Morgan fingerprint density at radius 1 is 1.40 bits per heavy atom. The molecule has 0 unspecified atom stereocenters. The number of rotatable bonds is 7. The second kappa shape index (κ2) is 7.74. The summed E-state index contributed by atoms with van der Waals surface area (Å²) in [5.74, 6) is 1.93. The lowest BCUT2D eigenvalue weighted by atomic mass is 9.97. The number of aromatic nitrogens is 3. The van der Waals surface area contributed by atoms with E-state index < -0.39 is 0 Å². The molecule has 1 aromatic rings. The first kappa shape index (κ1) is 15.4. The predicted molar refractivity (Wildman–Crippen MR) is 81.6 cm³/mol. The molecule has 1 N–H and O–H groups in total. The number of nitrogens with one attached hydrogen (secondary N) is 1. The molecule has 0 aromatic carbocycles. The fourth-order valence-corrected chi connectivity index (χ4v) is 3.00. The third kappa shape index (κ3) is 4.28. The van der Waals surface area contributed by atoms with Crippen molar-refractivity contribution in [2.45, 2.75) is 52.6 Å². The molecular weight excluding hydrogens is 250 g/mol. The van der Waals surface area contributed by atoms with E-state index in [4.69, 9.17) is 0 Å². The molecule has 1 aliphatic heterocycles. The van der Waals surface area contributed by atoms with Crippen LogP contribution in [0.15, 0.2) is 6.33 Å². The minimum atomic E-state index is 0.384. The van der Waals surface area contributed by atoms with Crippen LogP contribution in [-0.2, 0) is 6.54 Å². The molecule has 1 aromatic heterocycles. The molecule has 1 saturated heterocycles. The largest absolute Gasteiger partial charge is 0.317 e. The van der Waals surface area contributed by atoms with Crippen molar-refractivity contribution in [1.29, 1.82) is 0 Å². The average molecular weight is 279 g/mol. The average Bonchev–Trinajstić information content (AvgIpc) is 2.88. The van der Waals surface area contributed by atoms with Gasteiger partial charge >= 0.3 is 0 Å². The van der Waals surface area contributed by atoms with Gasteiger partial charge in [-0.15, -0.1) is 0 Å². The zero-order valence-corrected chi connectivity index (χ0v) is 13.2. The normalized spacial score (nSPS) is 17.2. The van der Waals surface area contributed by atoms with Gasteiger partial charge in [-0.05, 0) is 58.7 Å². The smallest absolute Gasteiger partial charge is 0.141 e. The Balaban J connectivity index is 1.95. The summed E-state index contributed by atoms with van der Waals surface area (Å²) in [4.78, 5) is 7.00. The van der Waals surface area contributed by atoms with E-state index >= 15 is 0 Å². The second-order valence-electron chi connectivity index (χ2n) is 6.14. The SMILES string of the molecule is CCCN(Cc1ncnn1C(C)C)CC1CCNCC1. The molecule has 2 heterocycles. The summed E-state index contributed by atoms with van der Waals surface area (Å²) >= 11 is 0. The highest BCUT2D eigenvalue weighted by Crippen LogP contribution is 2.16. The lowest BCUT2D eigenvalue weighted by Gasteiger charge is -2.29. The van der Waals surface area contributed by atoms with Crippen LogP contribution in [0.2, 0.25) is 0 Å². The van der Waals surface area contributed by atoms with E-state index in [9.17, 15) is 0 Å². The predicted octanol–water partition coefficient (Wildman–Crippen LogP) is 2.07. The zero-order chi connectivity index (χ0) is 14.4. The van der Waals surface area contributed by atoms with Gasteiger partial charge in [-0.25, -0.2) is 9.67 Å². The Labute approximate surface area is 122 Å². The van der Waals surface area contributed by atoms with Crippen molar-refractivity contribution in [3.63, 3.8) is 0 Å². The summed E-state index contributed by atoms with van der Waals surface area (Å²) < 4.78 is 2.05. The first-order chi connectivity index (χ1) is 9.70. The zero-order valence-electron chi connectivity index (χ0n) is 13.2. The van der Waals surface area contributed by atoms with E-state index in [2.05, 4.69) is 41.1 Å². The monoisotopic (exact) mass is 279 g/mol. The van der Waals surface area contributed by atoms with Gasteiger partial charge in [0, 0.05) is 12.6 Å². The summed E-state index contributed by atoms with van der Waals surface area (Å²) in [6.07, 6.45) is 5.49. The molecule has 0 atom stereocenters. The Kier molecular flexibility index (Phi) is 5.98. The number of piperidine rings is 1. The van der Waals surface area contributed by atoms with Gasteiger partial charge in [-0.2, -0.15) is 5.10 Å². The van der Waals surface area contributed by atoms with Crippen LogP contribution < -0.4 is 5.32 Å². The molecular formula is C15H29N5. The molecule has 1 fully saturated rings. The molecule has 0 saturated carbocycles. The van der Waals surface area contributed by atoms with E-state index in [-0.39, 0.29) is 0 Å². The van der Waals surface area contributed by atoms with Crippen molar-refractivity contribution < 1.29 is 0 Å². The Hall–Kier alpha value is -0.940. The van der Waals surface area contributed by atoms with Crippen molar-refractivity contribution in [2.24, 2.45) is 5.92 Å². The van der Waals surface area contributed by atoms with Gasteiger partial charge < -0.3 is 5.32 Å².